The summed E-state index contributed by atoms with van der Waals surface area (Å²) < 4.78 is 5.19. The number of esters is 1. The van der Waals surface area contributed by atoms with Crippen LogP contribution in [-0.2, 0) is 28.7 Å². The number of thioether (sulfide) groups is 1. The number of aliphatic hydroxyl groups excluding tert-OH is 1. The van der Waals surface area contributed by atoms with Crippen molar-refractivity contribution in [2.24, 2.45) is 5.92 Å². The van der Waals surface area contributed by atoms with Crippen LogP contribution in [0.25, 0.3) is 0 Å². The van der Waals surface area contributed by atoms with Gasteiger partial charge in [0.1, 0.15) is 18.2 Å². The average Bonchev–Trinajstić information content (AvgIpc) is 3.09. The Kier molecular flexibility index (Phi) is 13.6. The van der Waals surface area contributed by atoms with Crippen LogP contribution in [0.4, 0.5) is 0 Å². The molecule has 10 heteroatoms. The molecular formula is C39H47N3O6S. The normalized spacial score (nSPS) is 23.2. The molecule has 1 heterocycles. The van der Waals surface area contributed by atoms with Gasteiger partial charge in [0.2, 0.25) is 17.7 Å². The molecule has 0 saturated carbocycles. The first-order valence-corrected chi connectivity index (χ1v) is 17.7. The molecule has 3 amide bonds. The fourth-order valence-electron chi connectivity index (χ4n) is 5.77. The molecule has 1 saturated heterocycles. The molecule has 4 rings (SSSR count). The van der Waals surface area contributed by atoms with Gasteiger partial charge in [0.05, 0.1) is 29.7 Å². The molecule has 1 aliphatic rings. The minimum absolute atomic E-state index is 0.216. The predicted octanol–water partition coefficient (Wildman–Crippen LogP) is 4.87. The predicted molar refractivity (Wildman–Crippen MR) is 193 cm³/mol. The molecule has 9 nitrogen and oxygen atoms in total. The van der Waals surface area contributed by atoms with Gasteiger partial charge in [-0.15, -0.1) is 11.8 Å². The molecule has 0 bridgehead atoms. The van der Waals surface area contributed by atoms with Crippen molar-refractivity contribution in [3.8, 4) is 0 Å². The number of benzene rings is 3. The molecule has 0 aliphatic carbocycles. The number of nitrogens with one attached hydrogen (secondary N) is 3. The van der Waals surface area contributed by atoms with E-state index in [4.69, 9.17) is 4.74 Å². The lowest BCUT2D eigenvalue weighted by atomic mass is 9.84. The quantitative estimate of drug-likeness (QED) is 0.109. The number of aliphatic hydroxyl groups is 1. The highest BCUT2D eigenvalue weighted by Gasteiger charge is 2.36. The fourth-order valence-corrected chi connectivity index (χ4v) is 7.24. The van der Waals surface area contributed by atoms with E-state index in [9.17, 15) is 24.3 Å². The molecular weight excluding hydrogens is 639 g/mol. The summed E-state index contributed by atoms with van der Waals surface area (Å²) in [6, 6.07) is 28.6. The summed E-state index contributed by atoms with van der Waals surface area (Å²) in [4.78, 5) is 51.8. The SMILES string of the molecule is CC(C)[C@H]1NC(=O)C[C@@H](/C=C/CCSC(c2ccccc2)(c2ccccc2)c2ccccc2)OC(=O)C[C@H](O)[C@@H](C)NC(=O)[C@@H](C)NC1=O. The maximum atomic E-state index is 13.2. The van der Waals surface area contributed by atoms with Crippen molar-refractivity contribution in [3.63, 3.8) is 0 Å². The zero-order valence-electron chi connectivity index (χ0n) is 28.5. The number of rotatable bonds is 9. The van der Waals surface area contributed by atoms with Crippen LogP contribution in [0.2, 0.25) is 0 Å². The topological polar surface area (TPSA) is 134 Å². The van der Waals surface area contributed by atoms with Crippen LogP contribution >= 0.6 is 11.8 Å². The summed E-state index contributed by atoms with van der Waals surface area (Å²) in [6.45, 7) is 6.66. The first-order chi connectivity index (χ1) is 23.5. The standard InChI is InChI=1S/C39H47N3O6S/c1-26(2)36-38(47)41-28(4)37(46)40-27(3)33(43)25-35(45)48-32(24-34(44)42-36)22-14-15-23-49-39(29-16-8-5-9-17-29,30-18-10-6-11-19-30)31-20-12-7-13-21-31/h5-14,16-22,26-28,32-33,36,43H,15,23-25H2,1-4H3,(H,40,46)(H,41,47)(H,42,44)/b22-14+/t27-,28-,32-,33+,36-/m1/s1. The molecule has 4 N–H and O–H groups in total. The van der Waals surface area contributed by atoms with Crippen LogP contribution in [0.3, 0.4) is 0 Å². The summed E-state index contributed by atoms with van der Waals surface area (Å²) in [5.41, 5.74) is 3.45. The van der Waals surface area contributed by atoms with Crippen molar-refractivity contribution in [1.82, 2.24) is 16.0 Å². The van der Waals surface area contributed by atoms with Gasteiger partial charge in [-0.05, 0) is 54.7 Å². The molecule has 0 aromatic heterocycles. The molecule has 260 valence electrons. The second-order valence-corrected chi connectivity index (χ2v) is 14.0. The Hall–Kier alpha value is -4.41. The van der Waals surface area contributed by atoms with Crippen molar-refractivity contribution in [2.75, 3.05) is 5.75 Å². The molecule has 1 fully saturated rings. The third-order valence-electron chi connectivity index (χ3n) is 8.50. The van der Waals surface area contributed by atoms with Gasteiger partial charge in [-0.1, -0.05) is 111 Å². The minimum Gasteiger partial charge on any atom is -0.457 e. The Balaban J connectivity index is 1.56. The molecule has 5 atom stereocenters. The molecule has 3 aromatic carbocycles. The van der Waals surface area contributed by atoms with Crippen LogP contribution in [0.15, 0.2) is 103 Å². The Morgan fingerprint density at radius 3 is 1.84 bits per heavy atom. The van der Waals surface area contributed by atoms with Gasteiger partial charge >= 0.3 is 5.97 Å². The van der Waals surface area contributed by atoms with Crippen LogP contribution in [0.5, 0.6) is 0 Å². The van der Waals surface area contributed by atoms with Crippen LogP contribution in [-0.4, -0.2) is 64.9 Å². The van der Waals surface area contributed by atoms with E-state index in [-0.39, 0.29) is 18.8 Å². The highest BCUT2D eigenvalue weighted by Crippen LogP contribution is 2.48. The lowest BCUT2D eigenvalue weighted by Crippen LogP contribution is -2.56. The highest BCUT2D eigenvalue weighted by atomic mass is 32.2. The molecule has 0 unspecified atom stereocenters. The number of amides is 3. The number of ether oxygens (including phenoxy) is 1. The maximum Gasteiger partial charge on any atom is 0.309 e. The third-order valence-corrected chi connectivity index (χ3v) is 10.1. The van der Waals surface area contributed by atoms with Gasteiger partial charge in [-0.3, -0.25) is 19.2 Å². The van der Waals surface area contributed by atoms with E-state index in [2.05, 4.69) is 52.3 Å². The van der Waals surface area contributed by atoms with Crippen LogP contribution < -0.4 is 16.0 Å². The maximum absolute atomic E-state index is 13.2. The van der Waals surface area contributed by atoms with Crippen molar-refractivity contribution in [2.45, 2.75) is 82.0 Å². The Morgan fingerprint density at radius 1 is 0.796 bits per heavy atom. The summed E-state index contributed by atoms with van der Waals surface area (Å²) >= 11 is 1.80. The summed E-state index contributed by atoms with van der Waals surface area (Å²) in [5.74, 6) is -1.79. The number of allylic oxidation sites excluding steroid dienone is 1. The van der Waals surface area contributed by atoms with Crippen molar-refractivity contribution >= 4 is 35.5 Å². The van der Waals surface area contributed by atoms with Crippen LogP contribution in [0.1, 0.15) is 63.6 Å². The number of hydrogen-bond donors (Lipinski definition) is 4. The molecule has 3 aromatic rings. The van der Waals surface area contributed by atoms with Crippen molar-refractivity contribution in [1.29, 1.82) is 0 Å². The zero-order chi connectivity index (χ0) is 35.4. The van der Waals surface area contributed by atoms with E-state index in [1.54, 1.807) is 38.6 Å². The third kappa shape index (κ3) is 10.1. The van der Waals surface area contributed by atoms with E-state index in [0.29, 0.717) is 12.2 Å². The Labute approximate surface area is 293 Å². The Morgan fingerprint density at radius 2 is 1.33 bits per heavy atom. The van der Waals surface area contributed by atoms with Gasteiger partial charge in [0, 0.05) is 0 Å². The molecule has 1 aliphatic heterocycles. The van der Waals surface area contributed by atoms with E-state index < -0.39 is 58.8 Å². The molecule has 0 spiro atoms. The summed E-state index contributed by atoms with van der Waals surface area (Å²) in [5, 5.41) is 18.6. The van der Waals surface area contributed by atoms with Gasteiger partial charge in [-0.2, -0.15) is 0 Å². The van der Waals surface area contributed by atoms with Crippen molar-refractivity contribution in [3.05, 3.63) is 120 Å². The monoisotopic (exact) mass is 685 g/mol. The zero-order valence-corrected chi connectivity index (χ0v) is 29.3. The van der Waals surface area contributed by atoms with Gasteiger partial charge in [-0.25, -0.2) is 0 Å². The average molecular weight is 686 g/mol. The van der Waals surface area contributed by atoms with Crippen molar-refractivity contribution < 1.29 is 29.0 Å². The lowest BCUT2D eigenvalue weighted by molar-refractivity contribution is -0.151. The second-order valence-electron chi connectivity index (χ2n) is 12.7. The molecule has 0 radical (unpaired) electrons. The van der Waals surface area contributed by atoms with Gasteiger partial charge < -0.3 is 25.8 Å². The number of carbonyl (C=O) groups excluding carboxylic acids is 4. The minimum atomic E-state index is -1.23. The van der Waals surface area contributed by atoms with Crippen LogP contribution in [0, 0.1) is 5.92 Å². The first-order valence-electron chi connectivity index (χ1n) is 16.8. The van der Waals surface area contributed by atoms with E-state index >= 15 is 0 Å². The van der Waals surface area contributed by atoms with E-state index in [1.807, 2.05) is 60.7 Å². The van der Waals surface area contributed by atoms with Gasteiger partial charge in [0.25, 0.3) is 0 Å². The Bertz CT molecular complexity index is 1470. The smallest absolute Gasteiger partial charge is 0.309 e. The van der Waals surface area contributed by atoms with Gasteiger partial charge in [0.15, 0.2) is 0 Å². The largest absolute Gasteiger partial charge is 0.457 e. The second kappa shape index (κ2) is 17.8. The van der Waals surface area contributed by atoms with E-state index in [1.165, 1.54) is 6.92 Å². The number of hydrogen-bond acceptors (Lipinski definition) is 7. The summed E-state index contributed by atoms with van der Waals surface area (Å²) in [7, 11) is 0. The number of cyclic esters (lactones) is 1. The number of carbonyl (C=O) groups is 4. The summed E-state index contributed by atoms with van der Waals surface area (Å²) in [6.07, 6.45) is 1.43. The lowest BCUT2D eigenvalue weighted by Gasteiger charge is -2.35. The highest BCUT2D eigenvalue weighted by molar-refractivity contribution is 8.00. The first kappa shape index (κ1) is 37.4. The fraction of sp³-hybridized carbons (Fsp3) is 0.385. The van der Waals surface area contributed by atoms with E-state index in [0.717, 1.165) is 16.7 Å². The molecule has 49 heavy (non-hydrogen) atoms.